The van der Waals surface area contributed by atoms with E-state index in [2.05, 4.69) is 68.9 Å². The molecule has 0 fully saturated rings. The first kappa shape index (κ1) is 14.1. The van der Waals surface area contributed by atoms with Crippen LogP contribution >= 0.6 is 0 Å². The molecule has 19 heavy (non-hydrogen) atoms. The first-order valence-electron chi connectivity index (χ1n) is 7.20. The number of benzene rings is 1. The zero-order chi connectivity index (χ0) is 14.0. The number of hydrogen-bond donors (Lipinski definition) is 1. The lowest BCUT2D eigenvalue weighted by Gasteiger charge is -2.23. The van der Waals surface area contributed by atoms with E-state index in [0.29, 0.717) is 5.41 Å². The average Bonchev–Trinajstić information content (AvgIpc) is 2.64. The minimum Gasteiger partial charge on any atom is -0.346 e. The van der Waals surface area contributed by atoms with Gasteiger partial charge in [-0.25, -0.2) is 0 Å². The molecular formula is C17H26N2. The number of nitrogens with zero attached hydrogens (tertiary/aromatic N) is 1. The second-order valence-electron chi connectivity index (χ2n) is 6.27. The molecule has 2 rings (SSSR count). The Labute approximate surface area is 116 Å². The summed E-state index contributed by atoms with van der Waals surface area (Å²) in [5, 5.41) is 4.99. The lowest BCUT2D eigenvalue weighted by atomic mass is 9.90. The highest BCUT2D eigenvalue weighted by Crippen LogP contribution is 2.24. The van der Waals surface area contributed by atoms with Gasteiger partial charge in [-0.15, -0.1) is 0 Å². The molecule has 0 aliphatic carbocycles. The normalized spacial score (nSPS) is 12.3. The monoisotopic (exact) mass is 258 g/mol. The van der Waals surface area contributed by atoms with Crippen LogP contribution in [0.25, 0.3) is 10.9 Å². The van der Waals surface area contributed by atoms with Gasteiger partial charge in [0.1, 0.15) is 0 Å². The van der Waals surface area contributed by atoms with E-state index >= 15 is 0 Å². The van der Waals surface area contributed by atoms with E-state index in [-0.39, 0.29) is 0 Å². The molecule has 2 aromatic rings. The third-order valence-corrected chi connectivity index (χ3v) is 4.36. The van der Waals surface area contributed by atoms with Crippen molar-refractivity contribution in [1.29, 1.82) is 0 Å². The maximum atomic E-state index is 3.61. The van der Waals surface area contributed by atoms with Gasteiger partial charge >= 0.3 is 0 Å². The highest BCUT2D eigenvalue weighted by molar-refractivity contribution is 5.85. The van der Waals surface area contributed by atoms with E-state index in [1.54, 1.807) is 0 Å². The molecule has 0 aliphatic rings. The van der Waals surface area contributed by atoms with E-state index in [0.717, 1.165) is 13.1 Å². The molecule has 0 amide bonds. The van der Waals surface area contributed by atoms with Crippen LogP contribution in [0, 0.1) is 12.3 Å². The van der Waals surface area contributed by atoms with Gasteiger partial charge in [0, 0.05) is 36.7 Å². The topological polar surface area (TPSA) is 17.0 Å². The van der Waals surface area contributed by atoms with Crippen molar-refractivity contribution in [2.45, 2.75) is 40.7 Å². The maximum absolute atomic E-state index is 3.61. The zero-order valence-electron chi connectivity index (χ0n) is 12.9. The Bertz CT molecular complexity index is 525. The minimum absolute atomic E-state index is 0.374. The van der Waals surface area contributed by atoms with E-state index in [1.165, 1.54) is 28.6 Å². The summed E-state index contributed by atoms with van der Waals surface area (Å²) in [6.07, 6.45) is 1.20. The molecule has 0 radical (unpaired) electrons. The molecule has 1 aromatic heterocycles. The van der Waals surface area contributed by atoms with Crippen molar-refractivity contribution in [1.82, 2.24) is 9.88 Å². The van der Waals surface area contributed by atoms with Crippen LogP contribution in [0.1, 0.15) is 38.4 Å². The Hall–Kier alpha value is -1.28. The van der Waals surface area contributed by atoms with Crippen molar-refractivity contribution in [3.8, 4) is 0 Å². The van der Waals surface area contributed by atoms with E-state index in [9.17, 15) is 0 Å². The van der Waals surface area contributed by atoms with Gasteiger partial charge in [-0.1, -0.05) is 39.0 Å². The summed E-state index contributed by atoms with van der Waals surface area (Å²) in [4.78, 5) is 0. The average molecular weight is 258 g/mol. The Morgan fingerprint density at radius 2 is 1.89 bits per heavy atom. The quantitative estimate of drug-likeness (QED) is 0.857. The van der Waals surface area contributed by atoms with Gasteiger partial charge in [-0.3, -0.25) is 0 Å². The standard InChI is InChI=1S/C17H26N2/c1-6-17(3,4)12-18-11-16-13(2)14-9-7-8-10-15(14)19(16)5/h7-10,18H,6,11-12H2,1-5H3. The van der Waals surface area contributed by atoms with Crippen LogP contribution in [0.15, 0.2) is 24.3 Å². The second-order valence-corrected chi connectivity index (χ2v) is 6.27. The fraction of sp³-hybridized carbons (Fsp3) is 0.529. The minimum atomic E-state index is 0.374. The highest BCUT2D eigenvalue weighted by atomic mass is 15.0. The molecule has 104 valence electrons. The van der Waals surface area contributed by atoms with Crippen molar-refractivity contribution in [3.05, 3.63) is 35.5 Å². The van der Waals surface area contributed by atoms with Gasteiger partial charge in [-0.2, -0.15) is 0 Å². The predicted octanol–water partition coefficient (Wildman–Crippen LogP) is 4.01. The first-order chi connectivity index (χ1) is 8.96. The maximum Gasteiger partial charge on any atom is 0.0483 e. The molecule has 0 atom stereocenters. The van der Waals surface area contributed by atoms with Gasteiger partial charge in [0.2, 0.25) is 0 Å². The molecule has 2 heteroatoms. The molecule has 0 unspecified atom stereocenters. The zero-order valence-corrected chi connectivity index (χ0v) is 12.9. The van der Waals surface area contributed by atoms with Gasteiger partial charge in [-0.05, 0) is 30.4 Å². The number of nitrogens with one attached hydrogen (secondary N) is 1. The number of para-hydroxylation sites is 1. The second kappa shape index (κ2) is 5.38. The fourth-order valence-electron chi connectivity index (χ4n) is 2.53. The van der Waals surface area contributed by atoms with Gasteiger partial charge < -0.3 is 9.88 Å². The third-order valence-electron chi connectivity index (χ3n) is 4.36. The molecule has 0 saturated heterocycles. The van der Waals surface area contributed by atoms with Crippen LogP contribution in [-0.4, -0.2) is 11.1 Å². The van der Waals surface area contributed by atoms with Crippen molar-refractivity contribution in [2.24, 2.45) is 12.5 Å². The number of aryl methyl sites for hydroxylation is 2. The van der Waals surface area contributed by atoms with E-state index in [1.807, 2.05) is 0 Å². The third kappa shape index (κ3) is 2.84. The van der Waals surface area contributed by atoms with Gasteiger partial charge in [0.25, 0.3) is 0 Å². The number of hydrogen-bond acceptors (Lipinski definition) is 1. The molecule has 1 aromatic carbocycles. The molecule has 0 bridgehead atoms. The van der Waals surface area contributed by atoms with Crippen LogP contribution in [0.3, 0.4) is 0 Å². The van der Waals surface area contributed by atoms with Gasteiger partial charge in [0.15, 0.2) is 0 Å². The van der Waals surface area contributed by atoms with Crippen LogP contribution < -0.4 is 5.32 Å². The summed E-state index contributed by atoms with van der Waals surface area (Å²) in [7, 11) is 2.16. The summed E-state index contributed by atoms with van der Waals surface area (Å²) in [6, 6.07) is 8.64. The lowest BCUT2D eigenvalue weighted by molar-refractivity contribution is 0.326. The van der Waals surface area contributed by atoms with Gasteiger partial charge in [0.05, 0.1) is 0 Å². The summed E-state index contributed by atoms with van der Waals surface area (Å²) < 4.78 is 2.32. The highest BCUT2D eigenvalue weighted by Gasteiger charge is 2.15. The molecule has 1 N–H and O–H groups in total. The smallest absolute Gasteiger partial charge is 0.0483 e. The van der Waals surface area contributed by atoms with Crippen LogP contribution in [0.5, 0.6) is 0 Å². The van der Waals surface area contributed by atoms with E-state index in [4.69, 9.17) is 0 Å². The SMILES string of the molecule is CCC(C)(C)CNCc1c(C)c2ccccc2n1C. The summed E-state index contributed by atoms with van der Waals surface area (Å²) >= 11 is 0. The van der Waals surface area contributed by atoms with Crippen molar-refractivity contribution >= 4 is 10.9 Å². The van der Waals surface area contributed by atoms with Crippen molar-refractivity contribution in [3.63, 3.8) is 0 Å². The molecular weight excluding hydrogens is 232 g/mol. The Morgan fingerprint density at radius 3 is 2.53 bits per heavy atom. The first-order valence-corrected chi connectivity index (χ1v) is 7.20. The summed E-state index contributed by atoms with van der Waals surface area (Å²) in [5.41, 5.74) is 4.50. The fourth-order valence-corrected chi connectivity index (χ4v) is 2.53. The summed E-state index contributed by atoms with van der Waals surface area (Å²) in [5.74, 6) is 0. The lowest BCUT2D eigenvalue weighted by Crippen LogP contribution is -2.29. The molecule has 0 aliphatic heterocycles. The Balaban J connectivity index is 2.17. The number of aromatic nitrogens is 1. The van der Waals surface area contributed by atoms with Crippen LogP contribution in [0.4, 0.5) is 0 Å². The van der Waals surface area contributed by atoms with Crippen molar-refractivity contribution in [2.75, 3.05) is 6.54 Å². The van der Waals surface area contributed by atoms with Crippen LogP contribution in [0.2, 0.25) is 0 Å². The largest absolute Gasteiger partial charge is 0.346 e. The molecule has 0 spiro atoms. The number of rotatable bonds is 5. The van der Waals surface area contributed by atoms with Crippen molar-refractivity contribution < 1.29 is 0 Å². The van der Waals surface area contributed by atoms with E-state index < -0.39 is 0 Å². The summed E-state index contributed by atoms with van der Waals surface area (Å²) in [6.45, 7) is 11.1. The molecule has 2 nitrogen and oxygen atoms in total. The Morgan fingerprint density at radius 1 is 1.21 bits per heavy atom. The molecule has 1 heterocycles. The molecule has 0 saturated carbocycles. The Kier molecular flexibility index (Phi) is 4.00. The predicted molar refractivity (Wildman–Crippen MR) is 83.4 cm³/mol. The van der Waals surface area contributed by atoms with Crippen LogP contribution in [-0.2, 0) is 13.6 Å². The number of fused-ring (bicyclic) bond motifs is 1.